The van der Waals surface area contributed by atoms with Crippen LogP contribution in [0.25, 0.3) is 0 Å². The lowest BCUT2D eigenvalue weighted by Gasteiger charge is -2.20. The molecule has 0 aliphatic heterocycles. The van der Waals surface area contributed by atoms with E-state index in [0.717, 1.165) is 5.56 Å². The van der Waals surface area contributed by atoms with E-state index < -0.39 is 5.54 Å². The number of hydrogen-bond acceptors (Lipinski definition) is 3. The highest BCUT2D eigenvalue weighted by Crippen LogP contribution is 2.18. The summed E-state index contributed by atoms with van der Waals surface area (Å²) in [7, 11) is 1.36. The zero-order valence-electron chi connectivity index (χ0n) is 10.2. The molecular formula is C14H17NO2. The number of benzene rings is 1. The van der Waals surface area contributed by atoms with Crippen molar-refractivity contribution >= 4 is 12.2 Å². The molecule has 0 N–H and O–H groups in total. The first-order chi connectivity index (χ1) is 8.12. The van der Waals surface area contributed by atoms with Gasteiger partial charge in [0.15, 0.2) is 5.54 Å². The Balaban J connectivity index is 2.90. The predicted molar refractivity (Wildman–Crippen MR) is 69.3 cm³/mol. The van der Waals surface area contributed by atoms with Crippen LogP contribution in [0.15, 0.2) is 48.0 Å². The Morgan fingerprint density at radius 2 is 2.12 bits per heavy atom. The molecule has 1 aromatic rings. The molecule has 0 unspecified atom stereocenters. The van der Waals surface area contributed by atoms with Crippen LogP contribution < -0.4 is 0 Å². The van der Waals surface area contributed by atoms with Crippen LogP contribution in [0.5, 0.6) is 0 Å². The summed E-state index contributed by atoms with van der Waals surface area (Å²) in [5, 5.41) is 0. The van der Waals surface area contributed by atoms with E-state index in [1.807, 2.05) is 30.3 Å². The highest BCUT2D eigenvalue weighted by molar-refractivity contribution is 5.86. The van der Waals surface area contributed by atoms with Gasteiger partial charge in [-0.2, -0.15) is 0 Å². The van der Waals surface area contributed by atoms with Gasteiger partial charge in [0, 0.05) is 12.6 Å². The van der Waals surface area contributed by atoms with Crippen molar-refractivity contribution in [2.45, 2.75) is 18.9 Å². The highest BCUT2D eigenvalue weighted by Gasteiger charge is 2.31. The molecule has 90 valence electrons. The Labute approximate surface area is 102 Å². The molecule has 0 saturated heterocycles. The van der Waals surface area contributed by atoms with Crippen molar-refractivity contribution in [1.29, 1.82) is 0 Å². The summed E-state index contributed by atoms with van der Waals surface area (Å²) in [5.41, 5.74) is 0.0542. The van der Waals surface area contributed by atoms with Crippen molar-refractivity contribution in [3.8, 4) is 0 Å². The third-order valence-electron chi connectivity index (χ3n) is 2.47. The molecule has 0 aromatic heterocycles. The van der Waals surface area contributed by atoms with Crippen LogP contribution in [0.4, 0.5) is 0 Å². The standard InChI is InChI=1S/C14H17NO2/c1-4-10-14(2,13(16)17-3)15-11-12-8-6-5-7-9-12/h4-9,11H,1,10H2,2-3H3/t14-/m1/s1. The monoisotopic (exact) mass is 231 g/mol. The van der Waals surface area contributed by atoms with E-state index in [0.29, 0.717) is 6.42 Å². The van der Waals surface area contributed by atoms with Crippen molar-refractivity contribution in [1.82, 2.24) is 0 Å². The number of ether oxygens (including phenoxy) is 1. The van der Waals surface area contributed by atoms with Gasteiger partial charge in [-0.1, -0.05) is 36.4 Å². The second-order valence-corrected chi connectivity index (χ2v) is 3.93. The second kappa shape index (κ2) is 5.99. The van der Waals surface area contributed by atoms with Crippen molar-refractivity contribution < 1.29 is 9.53 Å². The third kappa shape index (κ3) is 3.55. The van der Waals surface area contributed by atoms with Crippen LogP contribution in [0.3, 0.4) is 0 Å². The van der Waals surface area contributed by atoms with Crippen LogP contribution in [-0.2, 0) is 9.53 Å². The molecule has 0 bridgehead atoms. The molecular weight excluding hydrogens is 214 g/mol. The Morgan fingerprint density at radius 3 is 2.65 bits per heavy atom. The summed E-state index contributed by atoms with van der Waals surface area (Å²) < 4.78 is 4.76. The van der Waals surface area contributed by atoms with Crippen LogP contribution in [-0.4, -0.2) is 24.8 Å². The Kier molecular flexibility index (Phi) is 4.64. The molecule has 0 radical (unpaired) electrons. The fourth-order valence-electron chi connectivity index (χ4n) is 1.45. The van der Waals surface area contributed by atoms with Crippen molar-refractivity contribution in [3.63, 3.8) is 0 Å². The van der Waals surface area contributed by atoms with E-state index >= 15 is 0 Å². The maximum absolute atomic E-state index is 11.7. The fraction of sp³-hybridized carbons (Fsp3) is 0.286. The Bertz CT molecular complexity index is 411. The van der Waals surface area contributed by atoms with Crippen LogP contribution >= 0.6 is 0 Å². The zero-order valence-corrected chi connectivity index (χ0v) is 10.2. The van der Waals surface area contributed by atoms with Gasteiger partial charge in [-0.15, -0.1) is 6.58 Å². The summed E-state index contributed by atoms with van der Waals surface area (Å²) in [6, 6.07) is 9.62. The summed E-state index contributed by atoms with van der Waals surface area (Å²) >= 11 is 0. The molecule has 0 amide bonds. The SMILES string of the molecule is C=CC[C@@](C)(N=Cc1ccccc1)C(=O)OC. The number of carbonyl (C=O) groups is 1. The van der Waals surface area contributed by atoms with E-state index in [1.54, 1.807) is 19.2 Å². The molecule has 3 heteroatoms. The van der Waals surface area contributed by atoms with Gasteiger partial charge in [-0.25, -0.2) is 4.79 Å². The van der Waals surface area contributed by atoms with Crippen LogP contribution in [0.2, 0.25) is 0 Å². The van der Waals surface area contributed by atoms with Gasteiger partial charge in [0.25, 0.3) is 0 Å². The van der Waals surface area contributed by atoms with E-state index in [2.05, 4.69) is 11.6 Å². The molecule has 0 spiro atoms. The molecule has 1 rings (SSSR count). The number of hydrogen-bond donors (Lipinski definition) is 0. The number of methoxy groups -OCH3 is 1. The minimum atomic E-state index is -0.896. The van der Waals surface area contributed by atoms with Crippen molar-refractivity contribution in [2.75, 3.05) is 7.11 Å². The topological polar surface area (TPSA) is 38.7 Å². The van der Waals surface area contributed by atoms with Gasteiger partial charge < -0.3 is 4.74 Å². The van der Waals surface area contributed by atoms with Gasteiger partial charge in [-0.05, 0) is 12.5 Å². The molecule has 0 aliphatic carbocycles. The zero-order chi connectivity index (χ0) is 12.7. The summed E-state index contributed by atoms with van der Waals surface area (Å²) in [6.45, 7) is 5.37. The van der Waals surface area contributed by atoms with E-state index in [9.17, 15) is 4.79 Å². The minimum Gasteiger partial charge on any atom is -0.467 e. The van der Waals surface area contributed by atoms with E-state index in [4.69, 9.17) is 4.74 Å². The highest BCUT2D eigenvalue weighted by atomic mass is 16.5. The molecule has 0 fully saturated rings. The van der Waals surface area contributed by atoms with E-state index in [-0.39, 0.29) is 5.97 Å². The molecule has 1 atom stereocenters. The molecule has 0 saturated carbocycles. The molecule has 0 heterocycles. The smallest absolute Gasteiger partial charge is 0.333 e. The maximum Gasteiger partial charge on any atom is 0.333 e. The fourth-order valence-corrected chi connectivity index (χ4v) is 1.45. The largest absolute Gasteiger partial charge is 0.467 e. The van der Waals surface area contributed by atoms with Gasteiger partial charge >= 0.3 is 5.97 Å². The lowest BCUT2D eigenvalue weighted by molar-refractivity contribution is -0.146. The molecule has 3 nitrogen and oxygen atoms in total. The number of carbonyl (C=O) groups excluding carboxylic acids is 1. The maximum atomic E-state index is 11.7. The van der Waals surface area contributed by atoms with Gasteiger partial charge in [0.05, 0.1) is 7.11 Å². The molecule has 0 aliphatic rings. The van der Waals surface area contributed by atoms with Crippen molar-refractivity contribution in [3.05, 3.63) is 48.6 Å². The average molecular weight is 231 g/mol. The van der Waals surface area contributed by atoms with Crippen LogP contribution in [0, 0.1) is 0 Å². The number of rotatable bonds is 5. The normalized spacial score (nSPS) is 14.2. The van der Waals surface area contributed by atoms with Crippen LogP contribution in [0.1, 0.15) is 18.9 Å². The summed E-state index contributed by atoms with van der Waals surface area (Å²) in [6.07, 6.45) is 3.79. The first-order valence-corrected chi connectivity index (χ1v) is 5.42. The first-order valence-electron chi connectivity index (χ1n) is 5.42. The Hall–Kier alpha value is -1.90. The summed E-state index contributed by atoms with van der Waals surface area (Å²) in [5.74, 6) is -0.357. The molecule has 17 heavy (non-hydrogen) atoms. The second-order valence-electron chi connectivity index (χ2n) is 3.93. The first kappa shape index (κ1) is 13.2. The number of aliphatic imine (C=N–C) groups is 1. The van der Waals surface area contributed by atoms with Gasteiger partial charge in [0.1, 0.15) is 0 Å². The Morgan fingerprint density at radius 1 is 1.47 bits per heavy atom. The van der Waals surface area contributed by atoms with E-state index in [1.165, 1.54) is 7.11 Å². The lowest BCUT2D eigenvalue weighted by Crippen LogP contribution is -2.34. The summed E-state index contributed by atoms with van der Waals surface area (Å²) in [4.78, 5) is 16.0. The van der Waals surface area contributed by atoms with Crippen molar-refractivity contribution in [2.24, 2.45) is 4.99 Å². The lowest BCUT2D eigenvalue weighted by atomic mass is 9.99. The third-order valence-corrected chi connectivity index (χ3v) is 2.47. The van der Waals surface area contributed by atoms with Gasteiger partial charge in [-0.3, -0.25) is 4.99 Å². The van der Waals surface area contributed by atoms with Gasteiger partial charge in [0.2, 0.25) is 0 Å². The predicted octanol–water partition coefficient (Wildman–Crippen LogP) is 2.61. The number of esters is 1. The molecule has 1 aromatic carbocycles. The quantitative estimate of drug-likeness (QED) is 0.444. The minimum absolute atomic E-state index is 0.357. The number of nitrogens with zero attached hydrogens (tertiary/aromatic N) is 1. The average Bonchev–Trinajstić information content (AvgIpc) is 2.37.